The Hall–Kier alpha value is -3.28. The maximum atomic E-state index is 13.3. The van der Waals surface area contributed by atoms with Crippen molar-refractivity contribution in [1.82, 2.24) is 15.3 Å². The number of unbranched alkanes of at least 4 members (excludes halogenated alkanes) is 1. The summed E-state index contributed by atoms with van der Waals surface area (Å²) in [6, 6.07) is 13.9. The lowest BCUT2D eigenvalue weighted by molar-refractivity contribution is -0.148. The van der Waals surface area contributed by atoms with Crippen molar-refractivity contribution in [2.75, 3.05) is 12.4 Å². The van der Waals surface area contributed by atoms with Gasteiger partial charge in [-0.1, -0.05) is 54.2 Å². The number of ether oxygens (including phenoxy) is 1. The monoisotopic (exact) mass is 489 g/mol. The van der Waals surface area contributed by atoms with Gasteiger partial charge in [0.2, 0.25) is 10.0 Å². The molecule has 0 aromatic heterocycles. The van der Waals surface area contributed by atoms with Crippen LogP contribution in [-0.4, -0.2) is 49.4 Å². The van der Waals surface area contributed by atoms with Crippen LogP contribution in [0.3, 0.4) is 0 Å². The Kier molecular flexibility index (Phi) is 10.7. The first-order valence-corrected chi connectivity index (χ1v) is 12.6. The minimum atomic E-state index is -4.05. The molecule has 0 saturated heterocycles. The molecule has 1 amide bonds. The number of rotatable bonds is 13. The van der Waals surface area contributed by atoms with Crippen molar-refractivity contribution in [3.8, 4) is 0 Å². The van der Waals surface area contributed by atoms with E-state index in [9.17, 15) is 18.0 Å². The van der Waals surface area contributed by atoms with E-state index >= 15 is 0 Å². The van der Waals surface area contributed by atoms with Gasteiger partial charge in [0, 0.05) is 12.0 Å². The SMILES string of the molecule is CCCCS(=O)(=O)N(NC(=O)c1cccc(N=CNN)c1)[C@@H](Cc1ccccc1)C(=O)OCC. The molecule has 0 bridgehead atoms. The summed E-state index contributed by atoms with van der Waals surface area (Å²) in [6.45, 7) is 3.55. The number of hydrogen-bond acceptors (Lipinski definition) is 7. The van der Waals surface area contributed by atoms with Crippen LogP contribution >= 0.6 is 0 Å². The molecule has 0 aliphatic rings. The highest BCUT2D eigenvalue weighted by Crippen LogP contribution is 2.17. The molecule has 1 atom stereocenters. The van der Waals surface area contributed by atoms with Gasteiger partial charge in [-0.3, -0.25) is 15.0 Å². The first kappa shape index (κ1) is 27.0. The number of esters is 1. The van der Waals surface area contributed by atoms with E-state index in [0.717, 1.165) is 9.98 Å². The van der Waals surface area contributed by atoms with Gasteiger partial charge in [-0.05, 0) is 37.1 Å². The van der Waals surface area contributed by atoms with Gasteiger partial charge in [0.05, 0.1) is 18.0 Å². The molecular weight excluding hydrogens is 458 g/mol. The lowest BCUT2D eigenvalue weighted by Gasteiger charge is -2.29. The maximum Gasteiger partial charge on any atom is 0.326 e. The van der Waals surface area contributed by atoms with Gasteiger partial charge >= 0.3 is 5.97 Å². The number of sulfonamides is 1. The van der Waals surface area contributed by atoms with Gasteiger partial charge in [-0.25, -0.2) is 19.3 Å². The molecule has 2 rings (SSSR count). The molecule has 0 radical (unpaired) electrons. The zero-order valence-electron chi connectivity index (χ0n) is 19.3. The van der Waals surface area contributed by atoms with Gasteiger partial charge in [-0.15, -0.1) is 0 Å². The predicted octanol–water partition coefficient (Wildman–Crippen LogP) is 2.06. The van der Waals surface area contributed by atoms with Crippen LogP contribution in [0.2, 0.25) is 0 Å². The van der Waals surface area contributed by atoms with Crippen LogP contribution in [0.15, 0.2) is 59.6 Å². The molecule has 2 aromatic rings. The molecule has 10 nitrogen and oxygen atoms in total. The van der Waals surface area contributed by atoms with Crippen molar-refractivity contribution in [2.45, 2.75) is 39.2 Å². The van der Waals surface area contributed by atoms with Crippen LogP contribution in [0.1, 0.15) is 42.6 Å². The Bertz CT molecular complexity index is 1080. The molecule has 0 spiro atoms. The van der Waals surface area contributed by atoms with Gasteiger partial charge in [0.25, 0.3) is 5.91 Å². The number of amides is 1. The molecule has 34 heavy (non-hydrogen) atoms. The highest BCUT2D eigenvalue weighted by molar-refractivity contribution is 7.89. The average molecular weight is 490 g/mol. The van der Waals surface area contributed by atoms with E-state index in [2.05, 4.69) is 15.8 Å². The van der Waals surface area contributed by atoms with Gasteiger partial charge < -0.3 is 10.2 Å². The number of hydrogen-bond donors (Lipinski definition) is 3. The van der Waals surface area contributed by atoms with E-state index < -0.39 is 27.9 Å². The number of carbonyl (C=O) groups is 2. The second kappa shape index (κ2) is 13.4. The Balaban J connectivity index is 2.44. The highest BCUT2D eigenvalue weighted by atomic mass is 32.2. The fraction of sp³-hybridized carbons (Fsp3) is 0.348. The molecule has 0 aliphatic carbocycles. The van der Waals surface area contributed by atoms with E-state index in [4.69, 9.17) is 10.6 Å². The van der Waals surface area contributed by atoms with Crippen LogP contribution in [0.5, 0.6) is 0 Å². The first-order chi connectivity index (χ1) is 16.3. The predicted molar refractivity (Wildman–Crippen MR) is 130 cm³/mol. The topological polar surface area (TPSA) is 143 Å². The third-order valence-corrected chi connectivity index (χ3v) is 6.53. The second-order valence-corrected chi connectivity index (χ2v) is 9.30. The Morgan fingerprint density at radius 3 is 2.53 bits per heavy atom. The van der Waals surface area contributed by atoms with Crippen LogP contribution in [-0.2, 0) is 26.0 Å². The third-order valence-electron chi connectivity index (χ3n) is 4.78. The van der Waals surface area contributed by atoms with Crippen LogP contribution in [0, 0.1) is 0 Å². The smallest absolute Gasteiger partial charge is 0.326 e. The van der Waals surface area contributed by atoms with Crippen LogP contribution < -0.4 is 16.7 Å². The van der Waals surface area contributed by atoms with Crippen LogP contribution in [0.25, 0.3) is 0 Å². The molecule has 11 heteroatoms. The number of hydrazine groups is 2. The Morgan fingerprint density at radius 2 is 1.88 bits per heavy atom. The molecule has 4 N–H and O–H groups in total. The fourth-order valence-electron chi connectivity index (χ4n) is 3.11. The summed E-state index contributed by atoms with van der Waals surface area (Å²) in [5.41, 5.74) is 6.01. The molecule has 2 aromatic carbocycles. The minimum Gasteiger partial charge on any atom is -0.465 e. The maximum absolute atomic E-state index is 13.3. The summed E-state index contributed by atoms with van der Waals surface area (Å²) >= 11 is 0. The highest BCUT2D eigenvalue weighted by Gasteiger charge is 2.37. The van der Waals surface area contributed by atoms with Crippen molar-refractivity contribution < 1.29 is 22.7 Å². The van der Waals surface area contributed by atoms with Crippen molar-refractivity contribution in [2.24, 2.45) is 10.8 Å². The minimum absolute atomic E-state index is 0.0256. The van der Waals surface area contributed by atoms with E-state index in [1.54, 1.807) is 43.3 Å². The van der Waals surface area contributed by atoms with Crippen LogP contribution in [0.4, 0.5) is 5.69 Å². The normalized spacial score (nSPS) is 12.5. The number of benzene rings is 2. The van der Waals surface area contributed by atoms with Gasteiger partial charge in [0.1, 0.15) is 12.4 Å². The lowest BCUT2D eigenvalue weighted by atomic mass is 10.1. The largest absolute Gasteiger partial charge is 0.465 e. The van der Waals surface area contributed by atoms with Gasteiger partial charge in [-0.2, -0.15) is 0 Å². The molecule has 0 saturated carbocycles. The third kappa shape index (κ3) is 7.94. The van der Waals surface area contributed by atoms with Crippen molar-refractivity contribution >= 4 is 33.9 Å². The standard InChI is InChI=1S/C23H31N5O5S/c1-3-5-14-34(31,32)28(21(23(30)33-4-2)15-18-10-7-6-8-11-18)27-22(29)19-12-9-13-20(16-19)25-17-26-24/h6-13,16-17,21H,3-5,14-15,24H2,1-2H3,(H,25,26)(H,27,29)/t21-/m0/s1. The molecule has 184 valence electrons. The first-order valence-electron chi connectivity index (χ1n) is 10.9. The van der Waals surface area contributed by atoms with E-state index in [1.807, 2.05) is 13.0 Å². The number of nitrogens with one attached hydrogen (secondary N) is 2. The summed E-state index contributed by atoms with van der Waals surface area (Å²) in [6.07, 6.45) is 2.26. The Morgan fingerprint density at radius 1 is 1.15 bits per heavy atom. The zero-order valence-corrected chi connectivity index (χ0v) is 20.1. The second-order valence-electron chi connectivity index (χ2n) is 7.34. The number of nitrogens with zero attached hydrogens (tertiary/aromatic N) is 2. The molecular formula is C23H31N5O5S. The number of aliphatic imine (C=N–C) groups is 1. The van der Waals surface area contributed by atoms with Gasteiger partial charge in [0.15, 0.2) is 0 Å². The van der Waals surface area contributed by atoms with Crippen molar-refractivity contribution in [1.29, 1.82) is 0 Å². The number of nitrogens with two attached hydrogens (primary N) is 1. The van der Waals surface area contributed by atoms with E-state index in [-0.39, 0.29) is 24.3 Å². The summed E-state index contributed by atoms with van der Waals surface area (Å²) < 4.78 is 32.4. The average Bonchev–Trinajstić information content (AvgIpc) is 2.84. The molecule has 0 unspecified atom stereocenters. The summed E-state index contributed by atoms with van der Waals surface area (Å²) in [5, 5.41) is 0. The fourth-order valence-corrected chi connectivity index (χ4v) is 4.73. The summed E-state index contributed by atoms with van der Waals surface area (Å²) in [5.74, 6) is 3.49. The van der Waals surface area contributed by atoms with E-state index in [0.29, 0.717) is 18.5 Å². The lowest BCUT2D eigenvalue weighted by Crippen LogP contribution is -2.56. The Labute approximate surface area is 200 Å². The number of carbonyl (C=O) groups excluding carboxylic acids is 2. The molecule has 0 aliphatic heterocycles. The van der Waals surface area contributed by atoms with E-state index in [1.165, 1.54) is 18.5 Å². The quantitative estimate of drug-likeness (QED) is 0.128. The van der Waals surface area contributed by atoms with Crippen molar-refractivity contribution in [3.05, 3.63) is 65.7 Å². The molecule has 0 heterocycles. The summed E-state index contributed by atoms with van der Waals surface area (Å²) in [7, 11) is -4.05. The van der Waals surface area contributed by atoms with Crippen molar-refractivity contribution in [3.63, 3.8) is 0 Å². The zero-order chi connectivity index (χ0) is 25.0. The molecule has 0 fully saturated rings. The summed E-state index contributed by atoms with van der Waals surface area (Å²) in [4.78, 5) is 30.0.